The number of hydrogen-bond acceptors (Lipinski definition) is 6. The number of nitrogens with zero attached hydrogens (tertiary/aromatic N) is 1. The number of sulfonamides is 1. The molecular weight excluding hydrogens is 433 g/mol. The number of fused-ring (bicyclic) bond motifs is 1. The van der Waals surface area contributed by atoms with Gasteiger partial charge in [-0.1, -0.05) is 13.8 Å². The first-order valence-corrected chi connectivity index (χ1v) is 11.2. The normalized spacial score (nSPS) is 14.8. The van der Waals surface area contributed by atoms with Crippen LogP contribution in [0.4, 0.5) is 13.2 Å². The molecule has 1 aliphatic rings. The Bertz CT molecular complexity index is 878. The van der Waals surface area contributed by atoms with Crippen LogP contribution < -0.4 is 4.72 Å². The van der Waals surface area contributed by atoms with Crippen LogP contribution in [0.15, 0.2) is 4.21 Å². The second kappa shape index (κ2) is 9.00. The molecule has 0 atom stereocenters. The predicted molar refractivity (Wildman–Crippen MR) is 100 cm³/mol. The Labute approximate surface area is 171 Å². The van der Waals surface area contributed by atoms with Gasteiger partial charge >= 0.3 is 12.1 Å². The number of rotatable bonds is 7. The van der Waals surface area contributed by atoms with Crippen LogP contribution in [0.3, 0.4) is 0 Å². The summed E-state index contributed by atoms with van der Waals surface area (Å²) >= 11 is 0.842. The Hall–Kier alpha value is -1.66. The third-order valence-electron chi connectivity index (χ3n) is 4.31. The fraction of sp³-hybridized carbons (Fsp3) is 0.647. The fourth-order valence-corrected chi connectivity index (χ4v) is 5.99. The van der Waals surface area contributed by atoms with Crippen molar-refractivity contribution < 1.29 is 35.9 Å². The SMILES string of the molecule is COC(=O)c1c(S(=O)(=O)NCC(C)C)sc2c1CCN(C(=O)CCC(F)(F)F)C2. The number of esters is 1. The van der Waals surface area contributed by atoms with Crippen molar-refractivity contribution in [1.29, 1.82) is 0 Å². The highest BCUT2D eigenvalue weighted by Crippen LogP contribution is 2.37. The largest absolute Gasteiger partial charge is 0.465 e. The summed E-state index contributed by atoms with van der Waals surface area (Å²) in [5.41, 5.74) is 0.401. The molecule has 0 spiro atoms. The lowest BCUT2D eigenvalue weighted by Gasteiger charge is -2.27. The van der Waals surface area contributed by atoms with Gasteiger partial charge in [-0.3, -0.25) is 4.79 Å². The Morgan fingerprint density at radius 3 is 2.52 bits per heavy atom. The third kappa shape index (κ3) is 5.92. The molecule has 1 aromatic rings. The Kier molecular flexibility index (Phi) is 7.33. The van der Waals surface area contributed by atoms with Gasteiger partial charge in [0.15, 0.2) is 0 Å². The van der Waals surface area contributed by atoms with Crippen LogP contribution in [0, 0.1) is 5.92 Å². The molecule has 0 aliphatic carbocycles. The molecule has 29 heavy (non-hydrogen) atoms. The molecule has 0 aromatic carbocycles. The van der Waals surface area contributed by atoms with E-state index in [0.29, 0.717) is 10.4 Å². The predicted octanol–water partition coefficient (Wildman–Crippen LogP) is 2.70. The molecule has 7 nitrogen and oxygen atoms in total. The van der Waals surface area contributed by atoms with Crippen molar-refractivity contribution in [3.8, 4) is 0 Å². The lowest BCUT2D eigenvalue weighted by molar-refractivity contribution is -0.149. The molecule has 0 saturated carbocycles. The van der Waals surface area contributed by atoms with Gasteiger partial charge in [-0.25, -0.2) is 17.9 Å². The lowest BCUT2D eigenvalue weighted by atomic mass is 10.0. The molecule has 164 valence electrons. The monoisotopic (exact) mass is 456 g/mol. The fourth-order valence-electron chi connectivity index (χ4n) is 2.84. The molecule has 0 bridgehead atoms. The summed E-state index contributed by atoms with van der Waals surface area (Å²) in [7, 11) is -2.85. The molecule has 1 N–H and O–H groups in total. The minimum atomic E-state index is -4.43. The average Bonchev–Trinajstić information content (AvgIpc) is 3.03. The van der Waals surface area contributed by atoms with Crippen LogP contribution in [0.2, 0.25) is 0 Å². The molecule has 0 radical (unpaired) electrons. The van der Waals surface area contributed by atoms with E-state index in [0.717, 1.165) is 18.4 Å². The topological polar surface area (TPSA) is 92.8 Å². The molecule has 0 fully saturated rings. The Balaban J connectivity index is 2.32. The van der Waals surface area contributed by atoms with Crippen LogP contribution in [0.1, 0.15) is 47.5 Å². The summed E-state index contributed by atoms with van der Waals surface area (Å²) in [6.45, 7) is 3.89. The van der Waals surface area contributed by atoms with Crippen molar-refractivity contribution in [3.63, 3.8) is 0 Å². The smallest absolute Gasteiger partial charge is 0.389 e. The maximum absolute atomic E-state index is 12.7. The Morgan fingerprint density at radius 2 is 1.97 bits per heavy atom. The molecule has 1 amide bonds. The lowest BCUT2D eigenvalue weighted by Crippen LogP contribution is -2.36. The number of amides is 1. The van der Waals surface area contributed by atoms with E-state index >= 15 is 0 Å². The van der Waals surface area contributed by atoms with E-state index in [1.54, 1.807) is 0 Å². The van der Waals surface area contributed by atoms with Gasteiger partial charge in [-0.2, -0.15) is 13.2 Å². The van der Waals surface area contributed by atoms with Crippen LogP contribution in [0.5, 0.6) is 0 Å². The van der Waals surface area contributed by atoms with Gasteiger partial charge < -0.3 is 9.64 Å². The number of ether oxygens (including phenoxy) is 1. The number of carbonyl (C=O) groups is 2. The Morgan fingerprint density at radius 1 is 1.31 bits per heavy atom. The average molecular weight is 457 g/mol. The minimum absolute atomic E-state index is 0.0413. The first-order chi connectivity index (χ1) is 13.4. The van der Waals surface area contributed by atoms with Gasteiger partial charge in [0.1, 0.15) is 4.21 Å². The quantitative estimate of drug-likeness (QED) is 0.637. The third-order valence-corrected chi connectivity index (χ3v) is 7.47. The number of alkyl halides is 3. The van der Waals surface area contributed by atoms with Crippen molar-refractivity contribution in [2.24, 2.45) is 5.92 Å². The second-order valence-electron chi connectivity index (χ2n) is 7.08. The zero-order valence-electron chi connectivity index (χ0n) is 16.3. The molecule has 1 aromatic heterocycles. The van der Waals surface area contributed by atoms with E-state index in [-0.39, 0.29) is 41.7 Å². The summed E-state index contributed by atoms with van der Waals surface area (Å²) in [6.07, 6.45) is -6.16. The van der Waals surface area contributed by atoms with E-state index in [9.17, 15) is 31.2 Å². The summed E-state index contributed by atoms with van der Waals surface area (Å²) in [6, 6.07) is 0. The zero-order chi connectivity index (χ0) is 22.0. The van der Waals surface area contributed by atoms with E-state index in [4.69, 9.17) is 4.74 Å². The van der Waals surface area contributed by atoms with E-state index < -0.39 is 40.9 Å². The second-order valence-corrected chi connectivity index (χ2v) is 10.2. The van der Waals surface area contributed by atoms with Crippen molar-refractivity contribution in [2.45, 2.75) is 50.0 Å². The highest BCUT2D eigenvalue weighted by Gasteiger charge is 2.36. The zero-order valence-corrected chi connectivity index (χ0v) is 17.9. The standard InChI is InChI=1S/C17H23F3N2O5S2/c1-10(2)8-21-29(25,26)16-14(15(24)27-3)11-5-7-22(9-12(11)28-16)13(23)4-6-17(18,19)20/h10,21H,4-9H2,1-3H3. The van der Waals surface area contributed by atoms with Crippen molar-refractivity contribution >= 4 is 33.2 Å². The maximum atomic E-state index is 12.7. The molecule has 0 unspecified atom stereocenters. The number of methoxy groups -OCH3 is 1. The summed E-state index contributed by atoms with van der Waals surface area (Å²) < 4.78 is 69.5. The van der Waals surface area contributed by atoms with Crippen LogP contribution >= 0.6 is 11.3 Å². The molecular formula is C17H23F3N2O5S2. The van der Waals surface area contributed by atoms with Gasteiger partial charge in [0.05, 0.1) is 25.6 Å². The van der Waals surface area contributed by atoms with E-state index in [1.807, 2.05) is 13.8 Å². The number of nitrogens with one attached hydrogen (secondary N) is 1. The van der Waals surface area contributed by atoms with Gasteiger partial charge in [0.2, 0.25) is 5.91 Å². The van der Waals surface area contributed by atoms with Crippen molar-refractivity contribution in [1.82, 2.24) is 9.62 Å². The summed E-state index contributed by atoms with van der Waals surface area (Å²) in [5, 5.41) is 0. The number of carbonyl (C=O) groups excluding carboxylic acids is 2. The van der Waals surface area contributed by atoms with Crippen LogP contribution in [0.25, 0.3) is 0 Å². The highest BCUT2D eigenvalue weighted by atomic mass is 32.2. The minimum Gasteiger partial charge on any atom is -0.465 e. The summed E-state index contributed by atoms with van der Waals surface area (Å²) in [5.74, 6) is -1.42. The van der Waals surface area contributed by atoms with Gasteiger partial charge in [0.25, 0.3) is 10.0 Å². The maximum Gasteiger partial charge on any atom is 0.389 e. The van der Waals surface area contributed by atoms with Gasteiger partial charge in [-0.15, -0.1) is 11.3 Å². The van der Waals surface area contributed by atoms with Crippen molar-refractivity contribution in [2.75, 3.05) is 20.2 Å². The molecule has 1 aliphatic heterocycles. The van der Waals surface area contributed by atoms with Gasteiger partial charge in [0, 0.05) is 24.4 Å². The first-order valence-electron chi connectivity index (χ1n) is 8.92. The van der Waals surface area contributed by atoms with Gasteiger partial charge in [-0.05, 0) is 17.9 Å². The first kappa shape index (κ1) is 23.6. The number of hydrogen-bond donors (Lipinski definition) is 1. The molecule has 0 saturated heterocycles. The summed E-state index contributed by atoms with van der Waals surface area (Å²) in [4.78, 5) is 26.1. The van der Waals surface area contributed by atoms with Crippen LogP contribution in [-0.2, 0) is 32.5 Å². The highest BCUT2D eigenvalue weighted by molar-refractivity contribution is 7.91. The van der Waals surface area contributed by atoms with E-state index in [2.05, 4.69) is 4.72 Å². The van der Waals surface area contributed by atoms with Crippen LogP contribution in [-0.4, -0.2) is 51.6 Å². The molecule has 2 rings (SSSR count). The van der Waals surface area contributed by atoms with Crippen molar-refractivity contribution in [3.05, 3.63) is 16.0 Å². The molecule has 2 heterocycles. The van der Waals surface area contributed by atoms with E-state index in [1.165, 1.54) is 4.90 Å². The molecule has 12 heteroatoms. The number of halogens is 3. The number of thiophene rings is 1.